The van der Waals surface area contributed by atoms with Crippen LogP contribution in [-0.2, 0) is 0 Å². The SMILES string of the molecule is CC(CCCBr)NC(=O)c1cc(F)c(F)cc1[N+](=O)[O-]. The molecule has 0 heterocycles. The molecule has 1 aromatic rings. The predicted molar refractivity (Wildman–Crippen MR) is 73.0 cm³/mol. The van der Waals surface area contributed by atoms with Crippen molar-refractivity contribution in [1.29, 1.82) is 0 Å². The zero-order chi connectivity index (χ0) is 15.3. The summed E-state index contributed by atoms with van der Waals surface area (Å²) in [4.78, 5) is 21.8. The Hall–Kier alpha value is -1.57. The van der Waals surface area contributed by atoms with E-state index in [0.717, 1.165) is 11.8 Å². The Morgan fingerprint density at radius 1 is 1.45 bits per heavy atom. The second kappa shape index (κ2) is 7.28. The van der Waals surface area contributed by atoms with Crippen LogP contribution in [-0.4, -0.2) is 22.2 Å². The van der Waals surface area contributed by atoms with E-state index in [1.165, 1.54) is 0 Å². The van der Waals surface area contributed by atoms with Gasteiger partial charge in [-0.15, -0.1) is 0 Å². The van der Waals surface area contributed by atoms with Gasteiger partial charge in [-0.3, -0.25) is 14.9 Å². The smallest absolute Gasteiger partial charge is 0.285 e. The van der Waals surface area contributed by atoms with E-state index in [1.54, 1.807) is 6.92 Å². The number of carbonyl (C=O) groups is 1. The number of hydrogen-bond acceptors (Lipinski definition) is 3. The van der Waals surface area contributed by atoms with Gasteiger partial charge < -0.3 is 5.32 Å². The summed E-state index contributed by atoms with van der Waals surface area (Å²) in [6.45, 7) is 1.73. The third-order valence-electron chi connectivity index (χ3n) is 2.63. The second-order valence-corrected chi connectivity index (χ2v) is 5.04. The van der Waals surface area contributed by atoms with Gasteiger partial charge in [-0.1, -0.05) is 15.9 Å². The third kappa shape index (κ3) is 4.22. The molecule has 5 nitrogen and oxygen atoms in total. The van der Waals surface area contributed by atoms with Crippen molar-refractivity contribution in [3.05, 3.63) is 39.4 Å². The normalized spacial score (nSPS) is 12.0. The van der Waals surface area contributed by atoms with Crippen LogP contribution in [0.3, 0.4) is 0 Å². The largest absolute Gasteiger partial charge is 0.349 e. The summed E-state index contributed by atoms with van der Waals surface area (Å²) in [7, 11) is 0. The number of nitro groups is 1. The van der Waals surface area contributed by atoms with Gasteiger partial charge in [-0.2, -0.15) is 0 Å². The van der Waals surface area contributed by atoms with E-state index >= 15 is 0 Å². The van der Waals surface area contributed by atoms with Crippen LogP contribution < -0.4 is 5.32 Å². The topological polar surface area (TPSA) is 72.2 Å². The summed E-state index contributed by atoms with van der Waals surface area (Å²) in [6, 6.07) is 0.723. The van der Waals surface area contributed by atoms with Crippen molar-refractivity contribution >= 4 is 27.5 Å². The lowest BCUT2D eigenvalue weighted by Gasteiger charge is -2.13. The number of hydrogen-bond donors (Lipinski definition) is 1. The summed E-state index contributed by atoms with van der Waals surface area (Å²) in [5.74, 6) is -3.45. The van der Waals surface area contributed by atoms with E-state index in [9.17, 15) is 23.7 Å². The first kappa shape index (κ1) is 16.5. The highest BCUT2D eigenvalue weighted by Gasteiger charge is 2.24. The number of benzene rings is 1. The van der Waals surface area contributed by atoms with Crippen LogP contribution in [0, 0.1) is 21.7 Å². The molecule has 1 N–H and O–H groups in total. The number of nitrogens with one attached hydrogen (secondary N) is 1. The lowest BCUT2D eigenvalue weighted by molar-refractivity contribution is -0.385. The molecule has 20 heavy (non-hydrogen) atoms. The number of nitro benzene ring substituents is 1. The molecule has 0 aromatic heterocycles. The molecule has 0 fully saturated rings. The first-order valence-corrected chi connectivity index (χ1v) is 6.99. The van der Waals surface area contributed by atoms with Gasteiger partial charge >= 0.3 is 0 Å². The number of carbonyl (C=O) groups excluding carboxylic acids is 1. The molecule has 0 radical (unpaired) electrons. The maximum atomic E-state index is 13.1. The molecule has 1 aromatic carbocycles. The lowest BCUT2D eigenvalue weighted by Crippen LogP contribution is -2.33. The van der Waals surface area contributed by atoms with Crippen LogP contribution in [0.25, 0.3) is 0 Å². The molecule has 0 saturated carbocycles. The minimum absolute atomic E-state index is 0.229. The number of amides is 1. The van der Waals surface area contributed by atoms with Crippen LogP contribution in [0.4, 0.5) is 14.5 Å². The summed E-state index contributed by atoms with van der Waals surface area (Å²) in [5, 5.41) is 14.1. The molecule has 8 heteroatoms. The standard InChI is InChI=1S/C12H13BrF2N2O3/c1-7(3-2-4-13)16-12(18)8-5-9(14)10(15)6-11(8)17(19)20/h5-7H,2-4H2,1H3,(H,16,18). The first-order chi connectivity index (χ1) is 9.36. The summed E-state index contributed by atoms with van der Waals surface area (Å²) in [6.07, 6.45) is 1.47. The summed E-state index contributed by atoms with van der Waals surface area (Å²) >= 11 is 3.24. The van der Waals surface area contributed by atoms with Gasteiger partial charge in [0.25, 0.3) is 11.6 Å². The van der Waals surface area contributed by atoms with Gasteiger partial charge in [0.15, 0.2) is 11.6 Å². The molecule has 0 aliphatic rings. The van der Waals surface area contributed by atoms with Crippen LogP contribution in [0.5, 0.6) is 0 Å². The van der Waals surface area contributed by atoms with E-state index < -0.39 is 33.7 Å². The molecule has 0 aliphatic carbocycles. The second-order valence-electron chi connectivity index (χ2n) is 4.25. The Balaban J connectivity index is 2.97. The number of halogens is 3. The van der Waals surface area contributed by atoms with Crippen molar-refractivity contribution in [1.82, 2.24) is 5.32 Å². The van der Waals surface area contributed by atoms with Gasteiger partial charge in [0.2, 0.25) is 0 Å². The third-order valence-corrected chi connectivity index (χ3v) is 3.19. The highest BCUT2D eigenvalue weighted by molar-refractivity contribution is 9.09. The molecule has 0 saturated heterocycles. The van der Waals surface area contributed by atoms with Gasteiger partial charge in [0.05, 0.1) is 11.0 Å². The summed E-state index contributed by atoms with van der Waals surface area (Å²) < 4.78 is 26.1. The summed E-state index contributed by atoms with van der Waals surface area (Å²) in [5.41, 5.74) is -1.24. The van der Waals surface area contributed by atoms with E-state index in [-0.39, 0.29) is 6.04 Å². The van der Waals surface area contributed by atoms with Gasteiger partial charge in [0.1, 0.15) is 5.56 Å². The monoisotopic (exact) mass is 350 g/mol. The minimum atomic E-state index is -1.36. The molecular weight excluding hydrogens is 338 g/mol. The molecule has 0 bridgehead atoms. The zero-order valence-electron chi connectivity index (χ0n) is 10.7. The van der Waals surface area contributed by atoms with Crippen molar-refractivity contribution in [3.8, 4) is 0 Å². The average Bonchev–Trinajstić information content (AvgIpc) is 2.38. The lowest BCUT2D eigenvalue weighted by atomic mass is 10.1. The Labute approximate surface area is 122 Å². The van der Waals surface area contributed by atoms with Crippen molar-refractivity contribution in [3.63, 3.8) is 0 Å². The Morgan fingerprint density at radius 3 is 2.60 bits per heavy atom. The van der Waals surface area contributed by atoms with E-state index in [1.807, 2.05) is 0 Å². The fourth-order valence-corrected chi connectivity index (χ4v) is 1.95. The highest BCUT2D eigenvalue weighted by atomic mass is 79.9. The fourth-order valence-electron chi connectivity index (χ4n) is 1.63. The molecule has 0 spiro atoms. The zero-order valence-corrected chi connectivity index (χ0v) is 12.2. The van der Waals surface area contributed by atoms with Crippen LogP contribution in [0.1, 0.15) is 30.1 Å². The molecule has 110 valence electrons. The minimum Gasteiger partial charge on any atom is -0.349 e. The molecular formula is C12H13BrF2N2O3. The maximum Gasteiger partial charge on any atom is 0.285 e. The average molecular weight is 351 g/mol. The number of alkyl halides is 1. The van der Waals surface area contributed by atoms with Gasteiger partial charge in [-0.25, -0.2) is 8.78 Å². The fraction of sp³-hybridized carbons (Fsp3) is 0.417. The van der Waals surface area contributed by atoms with Gasteiger partial charge in [-0.05, 0) is 25.8 Å². The molecule has 1 atom stereocenters. The maximum absolute atomic E-state index is 13.1. The highest BCUT2D eigenvalue weighted by Crippen LogP contribution is 2.22. The number of nitrogens with zero attached hydrogens (tertiary/aromatic N) is 1. The van der Waals surface area contributed by atoms with Crippen LogP contribution in [0.2, 0.25) is 0 Å². The number of rotatable bonds is 6. The van der Waals surface area contributed by atoms with Crippen LogP contribution in [0.15, 0.2) is 12.1 Å². The predicted octanol–water partition coefficient (Wildman–Crippen LogP) is 3.17. The Kier molecular flexibility index (Phi) is 6.00. The molecule has 1 unspecified atom stereocenters. The van der Waals surface area contributed by atoms with E-state index in [0.29, 0.717) is 18.6 Å². The molecule has 1 rings (SSSR count). The molecule has 1 amide bonds. The van der Waals surface area contributed by atoms with Gasteiger partial charge in [0, 0.05) is 11.4 Å². The van der Waals surface area contributed by atoms with Crippen LogP contribution >= 0.6 is 15.9 Å². The van der Waals surface area contributed by atoms with Crippen molar-refractivity contribution in [2.24, 2.45) is 0 Å². The Bertz CT molecular complexity index is 526. The molecule has 0 aliphatic heterocycles. The van der Waals surface area contributed by atoms with E-state index in [4.69, 9.17) is 0 Å². The quantitative estimate of drug-likeness (QED) is 0.486. The van der Waals surface area contributed by atoms with E-state index in [2.05, 4.69) is 21.2 Å². The van der Waals surface area contributed by atoms with Crippen molar-refractivity contribution < 1.29 is 18.5 Å². The first-order valence-electron chi connectivity index (χ1n) is 5.87. The van der Waals surface area contributed by atoms with Crippen molar-refractivity contribution in [2.75, 3.05) is 5.33 Å². The Morgan fingerprint density at radius 2 is 2.05 bits per heavy atom. The van der Waals surface area contributed by atoms with Crippen molar-refractivity contribution in [2.45, 2.75) is 25.8 Å².